The molecule has 0 saturated carbocycles. The van der Waals surface area contributed by atoms with Gasteiger partial charge < -0.3 is 9.47 Å². The summed E-state index contributed by atoms with van der Waals surface area (Å²) in [6.07, 6.45) is 0. The number of para-hydroxylation sites is 1. The van der Waals surface area contributed by atoms with Crippen LogP contribution in [0.15, 0.2) is 95.2 Å². The summed E-state index contributed by atoms with van der Waals surface area (Å²) >= 11 is 1.55. The highest BCUT2D eigenvalue weighted by atomic mass is 32.2. The van der Waals surface area contributed by atoms with E-state index in [2.05, 4.69) is 24.3 Å². The molecule has 0 amide bonds. The molecule has 1 atom stereocenters. The molecule has 0 N–H and O–H groups in total. The highest BCUT2D eigenvalue weighted by Crippen LogP contribution is 2.46. The van der Waals surface area contributed by atoms with E-state index in [1.165, 1.54) is 0 Å². The number of methoxy groups -OCH3 is 2. The van der Waals surface area contributed by atoms with Crippen LogP contribution in [0.5, 0.6) is 10.8 Å². The number of benzene rings is 3. The molecule has 5 aromatic rings. The van der Waals surface area contributed by atoms with E-state index in [4.69, 9.17) is 9.47 Å². The molecule has 0 aliphatic heterocycles. The third-order valence-electron chi connectivity index (χ3n) is 5.39. The molecule has 32 heavy (non-hydrogen) atoms. The lowest BCUT2D eigenvalue weighted by Gasteiger charge is -2.13. The van der Waals surface area contributed by atoms with Crippen molar-refractivity contribution in [1.82, 2.24) is 3.97 Å². The molecule has 0 radical (unpaired) electrons. The van der Waals surface area contributed by atoms with Crippen molar-refractivity contribution in [1.29, 1.82) is 0 Å². The van der Waals surface area contributed by atoms with Crippen LogP contribution in [0.1, 0.15) is 0 Å². The van der Waals surface area contributed by atoms with E-state index in [1.54, 1.807) is 25.6 Å². The molecule has 0 aliphatic carbocycles. The zero-order chi connectivity index (χ0) is 22.1. The predicted molar refractivity (Wildman–Crippen MR) is 132 cm³/mol. The molecule has 6 heteroatoms. The van der Waals surface area contributed by atoms with E-state index in [-0.39, 0.29) is 0 Å². The number of hydrogen-bond acceptors (Lipinski definition) is 4. The maximum absolute atomic E-state index is 14.0. The minimum absolute atomic E-state index is 0.701. The average molecular weight is 460 g/mol. The SMILES string of the molecule is COc1ccc(S(=O)n2c(-c3ccccc3)c(-c3ccsc3OC)c3ccccc32)cc1. The van der Waals surface area contributed by atoms with Crippen LogP contribution in [0, 0.1) is 0 Å². The smallest absolute Gasteiger partial charge is 0.181 e. The minimum atomic E-state index is -1.47. The van der Waals surface area contributed by atoms with Gasteiger partial charge in [-0.05, 0) is 47.3 Å². The molecule has 4 nitrogen and oxygen atoms in total. The summed E-state index contributed by atoms with van der Waals surface area (Å²) in [5.41, 5.74) is 4.82. The number of hydrogen-bond donors (Lipinski definition) is 0. The van der Waals surface area contributed by atoms with Gasteiger partial charge in [-0.2, -0.15) is 0 Å². The third-order valence-corrected chi connectivity index (χ3v) is 7.65. The summed E-state index contributed by atoms with van der Waals surface area (Å²) in [5.74, 6) is 0.732. The first-order valence-corrected chi connectivity index (χ1v) is 12.1. The van der Waals surface area contributed by atoms with Gasteiger partial charge in [-0.15, -0.1) is 11.3 Å². The van der Waals surface area contributed by atoms with E-state index in [0.29, 0.717) is 4.90 Å². The van der Waals surface area contributed by atoms with Crippen LogP contribution >= 0.6 is 11.3 Å². The Morgan fingerprint density at radius 1 is 0.812 bits per heavy atom. The van der Waals surface area contributed by atoms with Crippen molar-refractivity contribution in [3.8, 4) is 33.2 Å². The Bertz CT molecular complexity index is 1400. The molecule has 0 fully saturated rings. The minimum Gasteiger partial charge on any atom is -0.497 e. The fourth-order valence-electron chi connectivity index (χ4n) is 3.95. The topological polar surface area (TPSA) is 40.5 Å². The quantitative estimate of drug-likeness (QED) is 0.286. The lowest BCUT2D eigenvalue weighted by molar-refractivity contribution is 0.414. The molecular formula is C26H21NO3S2. The fraction of sp³-hybridized carbons (Fsp3) is 0.0769. The first-order valence-electron chi connectivity index (χ1n) is 10.1. The summed E-state index contributed by atoms with van der Waals surface area (Å²) in [4.78, 5) is 0.701. The summed E-state index contributed by atoms with van der Waals surface area (Å²) in [6.45, 7) is 0. The van der Waals surface area contributed by atoms with Crippen LogP contribution in [-0.4, -0.2) is 22.4 Å². The Balaban J connectivity index is 1.85. The van der Waals surface area contributed by atoms with Crippen molar-refractivity contribution in [2.24, 2.45) is 0 Å². The van der Waals surface area contributed by atoms with Crippen molar-refractivity contribution >= 4 is 33.2 Å². The molecule has 0 spiro atoms. The Morgan fingerprint density at radius 2 is 1.53 bits per heavy atom. The van der Waals surface area contributed by atoms with Gasteiger partial charge in [0.05, 0.1) is 30.3 Å². The van der Waals surface area contributed by atoms with E-state index in [9.17, 15) is 4.21 Å². The van der Waals surface area contributed by atoms with Gasteiger partial charge in [-0.1, -0.05) is 48.5 Å². The first-order chi connectivity index (χ1) is 15.7. The first kappa shape index (κ1) is 20.5. The van der Waals surface area contributed by atoms with E-state index >= 15 is 0 Å². The predicted octanol–water partition coefficient (Wildman–Crippen LogP) is 6.62. The highest BCUT2D eigenvalue weighted by molar-refractivity contribution is 7.83. The zero-order valence-electron chi connectivity index (χ0n) is 17.6. The summed E-state index contributed by atoms with van der Waals surface area (Å²) < 4.78 is 26.9. The van der Waals surface area contributed by atoms with Crippen LogP contribution in [0.4, 0.5) is 0 Å². The summed E-state index contributed by atoms with van der Waals surface area (Å²) in [7, 11) is 1.84. The van der Waals surface area contributed by atoms with Crippen molar-refractivity contribution in [3.63, 3.8) is 0 Å². The monoisotopic (exact) mass is 459 g/mol. The second-order valence-electron chi connectivity index (χ2n) is 7.15. The van der Waals surface area contributed by atoms with E-state index in [0.717, 1.165) is 44.1 Å². The second kappa shape index (κ2) is 8.65. The van der Waals surface area contributed by atoms with Gasteiger partial charge in [0.2, 0.25) is 0 Å². The fourth-order valence-corrected chi connectivity index (χ4v) is 5.95. The molecule has 2 aromatic heterocycles. The van der Waals surface area contributed by atoms with Gasteiger partial charge in [-0.3, -0.25) is 3.97 Å². The molecule has 1 unspecified atom stereocenters. The summed E-state index contributed by atoms with van der Waals surface area (Å²) in [5, 5.41) is 3.89. The number of ether oxygens (including phenoxy) is 2. The lowest BCUT2D eigenvalue weighted by atomic mass is 10.0. The molecule has 160 valence electrons. The number of nitrogens with zero attached hydrogens (tertiary/aromatic N) is 1. The number of aromatic nitrogens is 1. The maximum atomic E-state index is 14.0. The molecule has 0 saturated heterocycles. The van der Waals surface area contributed by atoms with Crippen molar-refractivity contribution in [2.45, 2.75) is 4.90 Å². The van der Waals surface area contributed by atoms with Crippen LogP contribution < -0.4 is 9.47 Å². The Labute approximate surface area is 193 Å². The zero-order valence-corrected chi connectivity index (χ0v) is 19.3. The van der Waals surface area contributed by atoms with Crippen molar-refractivity contribution in [2.75, 3.05) is 14.2 Å². The van der Waals surface area contributed by atoms with E-state index in [1.807, 2.05) is 70.0 Å². The maximum Gasteiger partial charge on any atom is 0.181 e. The average Bonchev–Trinajstić information content (AvgIpc) is 3.46. The van der Waals surface area contributed by atoms with E-state index < -0.39 is 11.0 Å². The third kappa shape index (κ3) is 3.42. The number of fused-ring (bicyclic) bond motifs is 1. The van der Waals surface area contributed by atoms with Crippen LogP contribution in [0.25, 0.3) is 33.3 Å². The number of thiophene rings is 1. The molecule has 2 heterocycles. The van der Waals surface area contributed by atoms with Crippen molar-refractivity contribution < 1.29 is 13.7 Å². The van der Waals surface area contributed by atoms with Gasteiger partial charge in [0.25, 0.3) is 0 Å². The van der Waals surface area contributed by atoms with Crippen LogP contribution in [-0.2, 0) is 11.0 Å². The largest absolute Gasteiger partial charge is 0.497 e. The van der Waals surface area contributed by atoms with Crippen LogP contribution in [0.2, 0.25) is 0 Å². The normalized spacial score (nSPS) is 12.1. The Kier molecular flexibility index (Phi) is 5.55. The standard InChI is InChI=1S/C26H21NO3S2/c1-29-19-12-14-20(15-13-19)32(28)27-23-11-7-6-10-21(23)24(22-16-17-31-26(22)30-2)25(27)18-8-4-3-5-9-18/h3-17H,1-2H3. The molecule has 5 rings (SSSR count). The Hall–Kier alpha value is -3.35. The lowest BCUT2D eigenvalue weighted by Crippen LogP contribution is -2.07. The van der Waals surface area contributed by atoms with Crippen molar-refractivity contribution in [3.05, 3.63) is 90.3 Å². The molecule has 0 aliphatic rings. The molecule has 3 aromatic carbocycles. The highest BCUT2D eigenvalue weighted by Gasteiger charge is 2.25. The summed E-state index contributed by atoms with van der Waals surface area (Å²) in [6, 6.07) is 27.6. The van der Waals surface area contributed by atoms with Gasteiger partial charge in [0.15, 0.2) is 16.0 Å². The van der Waals surface area contributed by atoms with Gasteiger partial charge in [0, 0.05) is 16.5 Å². The van der Waals surface area contributed by atoms with Gasteiger partial charge >= 0.3 is 0 Å². The molecular weight excluding hydrogens is 438 g/mol. The number of rotatable bonds is 6. The molecule has 0 bridgehead atoms. The van der Waals surface area contributed by atoms with Crippen LogP contribution in [0.3, 0.4) is 0 Å². The van der Waals surface area contributed by atoms with Gasteiger partial charge in [-0.25, -0.2) is 4.21 Å². The second-order valence-corrected chi connectivity index (χ2v) is 9.37. The Morgan fingerprint density at radius 3 is 2.25 bits per heavy atom. The van der Waals surface area contributed by atoms with Gasteiger partial charge in [0.1, 0.15) is 5.75 Å².